The maximum atomic E-state index is 12.7. The molecule has 1 rings (SSSR count). The van der Waals surface area contributed by atoms with Crippen LogP contribution in [0.3, 0.4) is 0 Å². The van der Waals surface area contributed by atoms with E-state index in [-0.39, 0.29) is 15.4 Å². The fourth-order valence-electron chi connectivity index (χ4n) is 0.780. The third kappa shape index (κ3) is 1.98. The van der Waals surface area contributed by atoms with Crippen molar-refractivity contribution in [1.29, 1.82) is 0 Å². The Morgan fingerprint density at radius 3 is 2.62 bits per heavy atom. The van der Waals surface area contributed by atoms with E-state index < -0.39 is 17.9 Å². The number of pyridine rings is 1. The van der Waals surface area contributed by atoms with Gasteiger partial charge in [0.2, 0.25) is 0 Å². The van der Waals surface area contributed by atoms with Crippen molar-refractivity contribution < 1.29 is 18.0 Å². The Kier molecular flexibility index (Phi) is 3.23. The Balaban J connectivity index is 3.38. The van der Waals surface area contributed by atoms with Gasteiger partial charge in [-0.15, -0.1) is 0 Å². The summed E-state index contributed by atoms with van der Waals surface area (Å²) in [6.45, 7) is 0. The topological polar surface area (TPSA) is 30.0 Å². The van der Waals surface area contributed by atoms with E-state index in [0.29, 0.717) is 6.20 Å². The fraction of sp³-hybridized carbons (Fsp3) is 0.143. The SMILES string of the molecule is O=Cc1c(C(F)F)ncc(F)c1I. The van der Waals surface area contributed by atoms with Gasteiger partial charge in [0.05, 0.1) is 15.3 Å². The summed E-state index contributed by atoms with van der Waals surface area (Å²) in [5.74, 6) is -0.771. The molecule has 0 unspecified atom stereocenters. The number of hydrogen-bond acceptors (Lipinski definition) is 2. The van der Waals surface area contributed by atoms with E-state index in [0.717, 1.165) is 0 Å². The molecule has 0 aliphatic heterocycles. The molecule has 0 aliphatic carbocycles. The summed E-state index contributed by atoms with van der Waals surface area (Å²) in [5, 5.41) is 0. The highest BCUT2D eigenvalue weighted by atomic mass is 127. The summed E-state index contributed by atoms with van der Waals surface area (Å²) in [7, 11) is 0. The lowest BCUT2D eigenvalue weighted by atomic mass is 10.2. The van der Waals surface area contributed by atoms with Gasteiger partial charge in [0.25, 0.3) is 6.43 Å². The van der Waals surface area contributed by atoms with E-state index in [4.69, 9.17) is 0 Å². The van der Waals surface area contributed by atoms with Gasteiger partial charge in [0.1, 0.15) is 5.69 Å². The standard InChI is InChI=1S/C7H3F3INO/c8-4-1-12-6(7(9)10)3(2-13)5(4)11/h1-2,7H. The van der Waals surface area contributed by atoms with Gasteiger partial charge in [-0.2, -0.15) is 0 Å². The molecular weight excluding hydrogens is 298 g/mol. The average molecular weight is 301 g/mol. The predicted octanol–water partition coefficient (Wildman–Crippen LogP) is 2.58. The third-order valence-corrected chi connectivity index (χ3v) is 2.46. The van der Waals surface area contributed by atoms with Gasteiger partial charge in [-0.05, 0) is 22.6 Å². The van der Waals surface area contributed by atoms with Crippen LogP contribution in [0, 0.1) is 9.39 Å². The van der Waals surface area contributed by atoms with E-state index >= 15 is 0 Å². The number of carbonyl (C=O) groups excluding carboxylic acids is 1. The molecule has 1 aromatic rings. The normalized spacial score (nSPS) is 10.5. The molecule has 2 nitrogen and oxygen atoms in total. The first-order valence-corrected chi connectivity index (χ1v) is 4.23. The molecule has 0 spiro atoms. The Morgan fingerprint density at radius 1 is 1.54 bits per heavy atom. The van der Waals surface area contributed by atoms with Crippen molar-refractivity contribution in [1.82, 2.24) is 4.98 Å². The van der Waals surface area contributed by atoms with Gasteiger partial charge in [0, 0.05) is 0 Å². The molecule has 6 heteroatoms. The molecule has 70 valence electrons. The lowest BCUT2D eigenvalue weighted by molar-refractivity contribution is 0.110. The van der Waals surface area contributed by atoms with Gasteiger partial charge < -0.3 is 0 Å². The number of carbonyl (C=O) groups is 1. The van der Waals surface area contributed by atoms with Crippen LogP contribution >= 0.6 is 22.6 Å². The second kappa shape index (κ2) is 4.03. The molecule has 13 heavy (non-hydrogen) atoms. The lowest BCUT2D eigenvalue weighted by Gasteiger charge is -2.04. The van der Waals surface area contributed by atoms with E-state index in [1.165, 1.54) is 22.6 Å². The highest BCUT2D eigenvalue weighted by Gasteiger charge is 2.19. The third-order valence-electron chi connectivity index (χ3n) is 1.36. The molecule has 0 fully saturated rings. The summed E-state index contributed by atoms with van der Waals surface area (Å²) in [6.07, 6.45) is -2.01. The monoisotopic (exact) mass is 301 g/mol. The Hall–Kier alpha value is -0.660. The summed E-state index contributed by atoms with van der Waals surface area (Å²) >= 11 is 1.48. The lowest BCUT2D eigenvalue weighted by Crippen LogP contribution is -2.02. The van der Waals surface area contributed by atoms with Crippen molar-refractivity contribution in [2.45, 2.75) is 6.43 Å². The quantitative estimate of drug-likeness (QED) is 0.621. The van der Waals surface area contributed by atoms with Crippen LogP contribution in [0.4, 0.5) is 13.2 Å². The summed E-state index contributed by atoms with van der Waals surface area (Å²) in [4.78, 5) is 13.5. The molecule has 0 aromatic carbocycles. The first-order chi connectivity index (χ1) is 6.07. The van der Waals surface area contributed by atoms with Crippen LogP contribution in [0.25, 0.3) is 0 Å². The van der Waals surface area contributed by atoms with Crippen molar-refractivity contribution in [2.75, 3.05) is 0 Å². The molecule has 0 radical (unpaired) electrons. The van der Waals surface area contributed by atoms with Crippen LogP contribution in [0.1, 0.15) is 22.5 Å². The van der Waals surface area contributed by atoms with Gasteiger partial charge in [-0.25, -0.2) is 13.2 Å². The highest BCUT2D eigenvalue weighted by molar-refractivity contribution is 14.1. The first-order valence-electron chi connectivity index (χ1n) is 3.15. The summed E-state index contributed by atoms with van der Waals surface area (Å²) in [6, 6.07) is 0. The van der Waals surface area contributed by atoms with Gasteiger partial charge in [0.15, 0.2) is 12.1 Å². The number of rotatable bonds is 2. The second-order valence-corrected chi connectivity index (χ2v) is 3.22. The number of hydrogen-bond donors (Lipinski definition) is 0. The highest BCUT2D eigenvalue weighted by Crippen LogP contribution is 2.24. The number of halogens is 4. The Bertz CT molecular complexity index is 343. The molecule has 0 saturated heterocycles. The fourth-order valence-corrected chi connectivity index (χ4v) is 1.32. The zero-order valence-electron chi connectivity index (χ0n) is 6.10. The largest absolute Gasteiger partial charge is 0.298 e. The van der Waals surface area contributed by atoms with Gasteiger partial charge in [-0.3, -0.25) is 9.78 Å². The first kappa shape index (κ1) is 10.4. The van der Waals surface area contributed by atoms with Crippen molar-refractivity contribution >= 4 is 28.9 Å². The zero-order chi connectivity index (χ0) is 10.0. The van der Waals surface area contributed by atoms with Crippen molar-refractivity contribution in [3.63, 3.8) is 0 Å². The van der Waals surface area contributed by atoms with Crippen LogP contribution in [0.2, 0.25) is 0 Å². The number of nitrogens with zero attached hydrogens (tertiary/aromatic N) is 1. The smallest absolute Gasteiger partial charge is 0.281 e. The van der Waals surface area contributed by atoms with E-state index in [2.05, 4.69) is 4.98 Å². The van der Waals surface area contributed by atoms with E-state index in [1.54, 1.807) is 0 Å². The van der Waals surface area contributed by atoms with Crippen molar-refractivity contribution in [3.8, 4) is 0 Å². The number of aldehydes is 1. The molecule has 0 aliphatic rings. The minimum absolute atomic E-state index is 0.127. The maximum Gasteiger partial charge on any atom is 0.281 e. The summed E-state index contributed by atoms with van der Waals surface area (Å²) in [5.41, 5.74) is -1.06. The van der Waals surface area contributed by atoms with Crippen LogP contribution in [-0.4, -0.2) is 11.3 Å². The Morgan fingerprint density at radius 2 is 2.15 bits per heavy atom. The maximum absolute atomic E-state index is 12.7. The van der Waals surface area contributed by atoms with Crippen LogP contribution in [0.5, 0.6) is 0 Å². The minimum Gasteiger partial charge on any atom is -0.298 e. The summed E-state index contributed by atoms with van der Waals surface area (Å²) < 4.78 is 37.0. The molecular formula is C7H3F3INO. The van der Waals surface area contributed by atoms with Crippen LogP contribution in [-0.2, 0) is 0 Å². The molecule has 0 atom stereocenters. The van der Waals surface area contributed by atoms with Crippen molar-refractivity contribution in [3.05, 3.63) is 26.8 Å². The molecule has 1 heterocycles. The van der Waals surface area contributed by atoms with Crippen LogP contribution in [0.15, 0.2) is 6.20 Å². The average Bonchev–Trinajstić information content (AvgIpc) is 2.09. The minimum atomic E-state index is -2.87. The Labute approximate surface area is 85.3 Å². The predicted molar refractivity (Wildman–Crippen MR) is 47.3 cm³/mol. The molecule has 0 saturated carbocycles. The second-order valence-electron chi connectivity index (χ2n) is 2.14. The molecule has 0 bridgehead atoms. The van der Waals surface area contributed by atoms with E-state index in [9.17, 15) is 18.0 Å². The molecule has 0 N–H and O–H groups in total. The van der Waals surface area contributed by atoms with Crippen molar-refractivity contribution in [2.24, 2.45) is 0 Å². The number of aromatic nitrogens is 1. The van der Waals surface area contributed by atoms with E-state index in [1.807, 2.05) is 0 Å². The molecule has 0 amide bonds. The molecule has 1 aromatic heterocycles. The zero-order valence-corrected chi connectivity index (χ0v) is 8.26. The van der Waals surface area contributed by atoms with Gasteiger partial charge >= 0.3 is 0 Å². The van der Waals surface area contributed by atoms with Crippen LogP contribution < -0.4 is 0 Å². The number of alkyl halides is 2. The van der Waals surface area contributed by atoms with Gasteiger partial charge in [-0.1, -0.05) is 0 Å².